The Morgan fingerprint density at radius 2 is 2.24 bits per heavy atom. The largest absolute Gasteiger partial charge is 0.378 e. The molecule has 1 aliphatic carbocycles. The van der Waals surface area contributed by atoms with Crippen LogP contribution in [0.5, 0.6) is 0 Å². The Morgan fingerprint density at radius 3 is 2.81 bits per heavy atom. The summed E-state index contributed by atoms with van der Waals surface area (Å²) in [4.78, 5) is 4.52. The number of nitrogens with one attached hydrogen (secondary N) is 2. The highest BCUT2D eigenvalue weighted by molar-refractivity contribution is 5.31. The van der Waals surface area contributed by atoms with Crippen LogP contribution < -0.4 is 10.6 Å². The highest BCUT2D eigenvalue weighted by atomic mass is 16.5. The summed E-state index contributed by atoms with van der Waals surface area (Å²) < 4.78 is 5.19. The van der Waals surface area contributed by atoms with Gasteiger partial charge in [-0.15, -0.1) is 0 Å². The molecule has 0 saturated heterocycles. The van der Waals surface area contributed by atoms with Crippen molar-refractivity contribution in [3.63, 3.8) is 0 Å². The summed E-state index contributed by atoms with van der Waals surface area (Å²) in [6.45, 7) is 9.57. The zero-order valence-electron chi connectivity index (χ0n) is 13.4. The molecule has 0 radical (unpaired) electrons. The van der Waals surface area contributed by atoms with Gasteiger partial charge >= 0.3 is 0 Å². The van der Waals surface area contributed by atoms with Crippen LogP contribution in [0.1, 0.15) is 55.8 Å². The van der Waals surface area contributed by atoms with Crippen molar-refractivity contribution in [2.45, 2.75) is 58.2 Å². The van der Waals surface area contributed by atoms with E-state index in [1.165, 1.54) is 30.4 Å². The normalized spacial score (nSPS) is 14.9. The molecule has 0 atom stereocenters. The standard InChI is InChI=1S/C17H27N3O/c1-12(2)20-13(3)18-9-15-8-16(11-21-4)19-10-17(15)14-6-5-7-14/h8,10,12,14,18,20H,3,5-7,9,11H2,1-2,4H3. The fourth-order valence-electron chi connectivity index (χ4n) is 2.63. The van der Waals surface area contributed by atoms with E-state index in [9.17, 15) is 0 Å². The van der Waals surface area contributed by atoms with Gasteiger partial charge in [0.05, 0.1) is 18.1 Å². The molecule has 1 heterocycles. The number of rotatable bonds is 8. The quantitative estimate of drug-likeness (QED) is 0.772. The van der Waals surface area contributed by atoms with Crippen molar-refractivity contribution in [1.29, 1.82) is 0 Å². The molecule has 0 aromatic carbocycles. The number of methoxy groups -OCH3 is 1. The Labute approximate surface area is 128 Å². The minimum Gasteiger partial charge on any atom is -0.378 e. The second kappa shape index (κ2) is 7.46. The highest BCUT2D eigenvalue weighted by Crippen LogP contribution is 2.37. The fraction of sp³-hybridized carbons (Fsp3) is 0.588. The summed E-state index contributed by atoms with van der Waals surface area (Å²) in [5.41, 5.74) is 3.68. The van der Waals surface area contributed by atoms with E-state index in [0.29, 0.717) is 18.6 Å². The highest BCUT2D eigenvalue weighted by Gasteiger charge is 2.22. The smallest absolute Gasteiger partial charge is 0.0917 e. The van der Waals surface area contributed by atoms with Gasteiger partial charge in [-0.2, -0.15) is 0 Å². The zero-order chi connectivity index (χ0) is 15.2. The van der Waals surface area contributed by atoms with Crippen molar-refractivity contribution in [3.05, 3.63) is 41.5 Å². The van der Waals surface area contributed by atoms with E-state index in [2.05, 4.69) is 42.1 Å². The second-order valence-electron chi connectivity index (χ2n) is 6.07. The molecule has 2 N–H and O–H groups in total. The molecule has 1 aromatic heterocycles. The lowest BCUT2D eigenvalue weighted by molar-refractivity contribution is 0.181. The van der Waals surface area contributed by atoms with Crippen molar-refractivity contribution in [3.8, 4) is 0 Å². The van der Waals surface area contributed by atoms with Crippen LogP contribution in [0.2, 0.25) is 0 Å². The molecule has 0 unspecified atom stereocenters. The molecule has 0 bridgehead atoms. The maximum atomic E-state index is 5.19. The van der Waals surface area contributed by atoms with Crippen LogP contribution in [-0.2, 0) is 17.9 Å². The van der Waals surface area contributed by atoms with Gasteiger partial charge < -0.3 is 15.4 Å². The summed E-state index contributed by atoms with van der Waals surface area (Å²) in [7, 11) is 1.70. The van der Waals surface area contributed by atoms with Crippen molar-refractivity contribution in [2.24, 2.45) is 0 Å². The molecule has 0 spiro atoms. The molecule has 1 saturated carbocycles. The van der Waals surface area contributed by atoms with Crippen LogP contribution >= 0.6 is 0 Å². The number of hydrogen-bond donors (Lipinski definition) is 2. The molecule has 0 aliphatic heterocycles. The summed E-state index contributed by atoms with van der Waals surface area (Å²) >= 11 is 0. The SMILES string of the molecule is C=C(NCc1cc(COC)ncc1C1CCC1)NC(C)C. The van der Waals surface area contributed by atoms with Gasteiger partial charge in [-0.1, -0.05) is 13.0 Å². The van der Waals surface area contributed by atoms with Crippen LogP contribution in [0.4, 0.5) is 0 Å². The maximum Gasteiger partial charge on any atom is 0.0917 e. The third-order valence-corrected chi connectivity index (χ3v) is 3.87. The van der Waals surface area contributed by atoms with E-state index >= 15 is 0 Å². The number of ether oxygens (including phenoxy) is 1. The first kappa shape index (κ1) is 15.8. The molecule has 116 valence electrons. The van der Waals surface area contributed by atoms with Gasteiger partial charge in [-0.05, 0) is 49.8 Å². The number of aromatic nitrogens is 1. The van der Waals surface area contributed by atoms with Crippen LogP contribution in [0, 0.1) is 0 Å². The van der Waals surface area contributed by atoms with Gasteiger partial charge in [-0.25, -0.2) is 0 Å². The van der Waals surface area contributed by atoms with Crippen LogP contribution in [0.3, 0.4) is 0 Å². The number of pyridine rings is 1. The molecule has 21 heavy (non-hydrogen) atoms. The van der Waals surface area contributed by atoms with E-state index in [0.717, 1.165) is 18.1 Å². The van der Waals surface area contributed by atoms with Crippen LogP contribution in [-0.4, -0.2) is 18.1 Å². The summed E-state index contributed by atoms with van der Waals surface area (Å²) in [5.74, 6) is 1.55. The molecule has 1 aromatic rings. The Balaban J connectivity index is 2.06. The van der Waals surface area contributed by atoms with E-state index in [1.807, 2.05) is 6.20 Å². The van der Waals surface area contributed by atoms with Crippen molar-refractivity contribution >= 4 is 0 Å². The molecular weight excluding hydrogens is 262 g/mol. The lowest BCUT2D eigenvalue weighted by Gasteiger charge is -2.28. The fourth-order valence-corrected chi connectivity index (χ4v) is 2.63. The van der Waals surface area contributed by atoms with Crippen LogP contribution in [0.25, 0.3) is 0 Å². The van der Waals surface area contributed by atoms with Crippen molar-refractivity contribution in [2.75, 3.05) is 7.11 Å². The molecule has 2 rings (SSSR count). The minimum absolute atomic E-state index is 0.387. The first-order valence-electron chi connectivity index (χ1n) is 7.76. The predicted octanol–water partition coefficient (Wildman–Crippen LogP) is 3.05. The molecular formula is C17H27N3O. The predicted molar refractivity (Wildman–Crippen MR) is 85.8 cm³/mol. The van der Waals surface area contributed by atoms with Gasteiger partial charge in [0.1, 0.15) is 0 Å². The van der Waals surface area contributed by atoms with Gasteiger partial charge in [0.15, 0.2) is 0 Å². The number of hydrogen-bond acceptors (Lipinski definition) is 4. The molecule has 4 nitrogen and oxygen atoms in total. The van der Waals surface area contributed by atoms with Gasteiger partial charge in [0.25, 0.3) is 0 Å². The van der Waals surface area contributed by atoms with Crippen LogP contribution in [0.15, 0.2) is 24.7 Å². The van der Waals surface area contributed by atoms with E-state index in [-0.39, 0.29) is 0 Å². The Bertz CT molecular complexity index is 481. The first-order chi connectivity index (χ1) is 10.1. The van der Waals surface area contributed by atoms with E-state index in [4.69, 9.17) is 4.74 Å². The third-order valence-electron chi connectivity index (χ3n) is 3.87. The second-order valence-corrected chi connectivity index (χ2v) is 6.07. The summed E-state index contributed by atoms with van der Waals surface area (Å²) in [5, 5.41) is 6.65. The summed E-state index contributed by atoms with van der Waals surface area (Å²) in [6.07, 6.45) is 5.93. The number of nitrogens with zero attached hydrogens (tertiary/aromatic N) is 1. The monoisotopic (exact) mass is 289 g/mol. The van der Waals surface area contributed by atoms with Gasteiger partial charge in [-0.3, -0.25) is 4.98 Å². The Hall–Kier alpha value is -1.55. The lowest BCUT2D eigenvalue weighted by Crippen LogP contribution is -2.30. The lowest BCUT2D eigenvalue weighted by atomic mass is 9.79. The van der Waals surface area contributed by atoms with E-state index in [1.54, 1.807) is 7.11 Å². The maximum absolute atomic E-state index is 5.19. The third kappa shape index (κ3) is 4.46. The summed E-state index contributed by atoms with van der Waals surface area (Å²) in [6, 6.07) is 2.55. The van der Waals surface area contributed by atoms with Crippen molar-refractivity contribution < 1.29 is 4.74 Å². The molecule has 4 heteroatoms. The Morgan fingerprint density at radius 1 is 1.48 bits per heavy atom. The Kier molecular flexibility index (Phi) is 5.62. The topological polar surface area (TPSA) is 46.2 Å². The molecule has 1 fully saturated rings. The molecule has 1 aliphatic rings. The van der Waals surface area contributed by atoms with Gasteiger partial charge in [0, 0.05) is 25.9 Å². The average molecular weight is 289 g/mol. The molecule has 0 amide bonds. The van der Waals surface area contributed by atoms with Crippen molar-refractivity contribution in [1.82, 2.24) is 15.6 Å². The van der Waals surface area contributed by atoms with E-state index < -0.39 is 0 Å². The average Bonchev–Trinajstić information content (AvgIpc) is 2.36. The first-order valence-corrected chi connectivity index (χ1v) is 7.76. The minimum atomic E-state index is 0.387. The van der Waals surface area contributed by atoms with Gasteiger partial charge in [0.2, 0.25) is 0 Å². The zero-order valence-corrected chi connectivity index (χ0v) is 13.4.